The molecule has 0 saturated heterocycles. The minimum atomic E-state index is -1.49. The Morgan fingerprint density at radius 1 is 0.920 bits per heavy atom. The number of azide groups is 1. The number of carbonyl (C=O) groups excluding carboxylic acids is 1. The highest BCUT2D eigenvalue weighted by Gasteiger charge is 2.54. The minimum absolute atomic E-state index is 0.0431. The van der Waals surface area contributed by atoms with Crippen molar-refractivity contribution >= 4 is 33.4 Å². The van der Waals surface area contributed by atoms with Crippen molar-refractivity contribution in [1.82, 2.24) is 5.32 Å². The lowest BCUT2D eigenvalue weighted by Gasteiger charge is -2.32. The number of ether oxygens (including phenoxy) is 2. The SMILES string of the molecule is [N-]=[N+]=Nc1ccccc1[C@H]1OC(c2ccc(OCCCO)cc2)=N[C@@]1(Cc1ccc(Br)cc1)C(=O)NCC(c1ccccc1)c1ccccc1. The third-order valence-electron chi connectivity index (χ3n) is 8.66. The van der Waals surface area contributed by atoms with Gasteiger partial charge in [0, 0.05) is 58.1 Å². The maximum atomic E-state index is 15.0. The standard InChI is InChI=1S/C40H36BrN5O4/c41-32-20-16-28(17-21-32)26-40(39(48)43-27-35(29-10-3-1-4-11-29)30-12-5-2-6-13-30)37(34-14-7-8-15-36(34)45-46-42)50-38(44-40)31-18-22-33(23-19-31)49-25-9-24-47/h1-8,10-23,35,37,47H,9,24-27H2,(H,43,48)/t37-,40-/m1/s1. The van der Waals surface area contributed by atoms with Gasteiger partial charge in [0.2, 0.25) is 5.90 Å². The predicted octanol–water partition coefficient (Wildman–Crippen LogP) is 8.60. The largest absolute Gasteiger partial charge is 0.494 e. The molecule has 1 aliphatic heterocycles. The van der Waals surface area contributed by atoms with Crippen LogP contribution < -0.4 is 10.1 Å². The van der Waals surface area contributed by atoms with Crippen LogP contribution in [0.2, 0.25) is 0 Å². The molecule has 0 bridgehead atoms. The molecule has 9 nitrogen and oxygen atoms in total. The summed E-state index contributed by atoms with van der Waals surface area (Å²) in [5, 5.41) is 16.4. The normalized spacial score (nSPS) is 16.6. The van der Waals surface area contributed by atoms with E-state index in [1.807, 2.05) is 84.9 Å². The number of carbonyl (C=O) groups is 1. The van der Waals surface area contributed by atoms with Crippen LogP contribution in [0.4, 0.5) is 5.69 Å². The molecule has 6 rings (SSSR count). The first-order valence-electron chi connectivity index (χ1n) is 16.4. The van der Waals surface area contributed by atoms with Crippen LogP contribution in [0, 0.1) is 0 Å². The summed E-state index contributed by atoms with van der Waals surface area (Å²) in [7, 11) is 0. The van der Waals surface area contributed by atoms with Crippen LogP contribution in [0.25, 0.3) is 10.4 Å². The van der Waals surface area contributed by atoms with E-state index in [0.29, 0.717) is 42.1 Å². The fraction of sp³-hybridized carbons (Fsp3) is 0.200. The Balaban J connectivity index is 1.44. The van der Waals surface area contributed by atoms with Crippen LogP contribution in [-0.4, -0.2) is 42.2 Å². The summed E-state index contributed by atoms with van der Waals surface area (Å²) in [5.41, 5.74) is 12.5. The number of aliphatic imine (C=N–C) groups is 1. The lowest BCUT2D eigenvalue weighted by molar-refractivity contribution is -0.128. The molecule has 1 aliphatic rings. The molecule has 0 saturated carbocycles. The second-order valence-corrected chi connectivity index (χ2v) is 12.8. The zero-order valence-electron chi connectivity index (χ0n) is 27.2. The molecule has 0 aliphatic carbocycles. The highest BCUT2D eigenvalue weighted by atomic mass is 79.9. The monoisotopic (exact) mass is 729 g/mol. The maximum absolute atomic E-state index is 15.0. The minimum Gasteiger partial charge on any atom is -0.494 e. The molecular weight excluding hydrogens is 694 g/mol. The Hall–Kier alpha value is -5.41. The van der Waals surface area contributed by atoms with E-state index >= 15 is 0 Å². The first-order chi connectivity index (χ1) is 24.5. The third-order valence-corrected chi connectivity index (χ3v) is 9.19. The molecule has 0 fully saturated rings. The zero-order valence-corrected chi connectivity index (χ0v) is 28.8. The second-order valence-electron chi connectivity index (χ2n) is 11.9. The molecule has 0 aromatic heterocycles. The summed E-state index contributed by atoms with van der Waals surface area (Å²) in [6.07, 6.45) is -0.211. The first kappa shape index (κ1) is 34.5. The van der Waals surface area contributed by atoms with Gasteiger partial charge in [-0.05, 0) is 58.6 Å². The predicted molar refractivity (Wildman–Crippen MR) is 198 cm³/mol. The van der Waals surface area contributed by atoms with Gasteiger partial charge < -0.3 is 19.9 Å². The Morgan fingerprint density at radius 2 is 1.56 bits per heavy atom. The van der Waals surface area contributed by atoms with E-state index in [4.69, 9.17) is 19.6 Å². The van der Waals surface area contributed by atoms with Gasteiger partial charge in [-0.2, -0.15) is 0 Å². The van der Waals surface area contributed by atoms with Gasteiger partial charge in [-0.25, -0.2) is 4.99 Å². The van der Waals surface area contributed by atoms with E-state index < -0.39 is 11.6 Å². The summed E-state index contributed by atoms with van der Waals surface area (Å²) >= 11 is 3.53. The molecule has 252 valence electrons. The fourth-order valence-corrected chi connectivity index (χ4v) is 6.43. The number of hydrogen-bond donors (Lipinski definition) is 2. The van der Waals surface area contributed by atoms with E-state index in [0.717, 1.165) is 21.2 Å². The number of aliphatic hydroxyl groups excluding tert-OH is 1. The van der Waals surface area contributed by atoms with Gasteiger partial charge in [-0.1, -0.05) is 118 Å². The molecule has 2 atom stereocenters. The van der Waals surface area contributed by atoms with Crippen LogP contribution in [0.15, 0.2) is 148 Å². The van der Waals surface area contributed by atoms with Crippen molar-refractivity contribution in [3.8, 4) is 5.75 Å². The van der Waals surface area contributed by atoms with Gasteiger partial charge in [0.1, 0.15) is 5.75 Å². The van der Waals surface area contributed by atoms with Crippen LogP contribution in [0.3, 0.4) is 0 Å². The number of aliphatic hydroxyl groups is 1. The lowest BCUT2D eigenvalue weighted by atomic mass is 9.81. The number of rotatable bonds is 14. The van der Waals surface area contributed by atoms with Gasteiger partial charge in [0.05, 0.1) is 6.61 Å². The Labute approximate surface area is 299 Å². The molecule has 2 N–H and O–H groups in total. The number of amides is 1. The first-order valence-corrected chi connectivity index (χ1v) is 17.2. The van der Waals surface area contributed by atoms with Gasteiger partial charge in [0.25, 0.3) is 5.91 Å². The van der Waals surface area contributed by atoms with Crippen molar-refractivity contribution < 1.29 is 19.4 Å². The van der Waals surface area contributed by atoms with E-state index in [9.17, 15) is 10.3 Å². The van der Waals surface area contributed by atoms with Gasteiger partial charge in [0.15, 0.2) is 11.6 Å². The number of nitrogens with zero attached hydrogens (tertiary/aromatic N) is 4. The van der Waals surface area contributed by atoms with Crippen LogP contribution >= 0.6 is 15.9 Å². The molecule has 50 heavy (non-hydrogen) atoms. The Bertz CT molecular complexity index is 1930. The van der Waals surface area contributed by atoms with E-state index in [1.165, 1.54) is 0 Å². The number of halogens is 1. The topological polar surface area (TPSA) is 129 Å². The van der Waals surface area contributed by atoms with Gasteiger partial charge in [-0.15, -0.1) is 0 Å². The summed E-state index contributed by atoms with van der Waals surface area (Å²) in [5.74, 6) is 0.474. The van der Waals surface area contributed by atoms with Gasteiger partial charge >= 0.3 is 0 Å². The summed E-state index contributed by atoms with van der Waals surface area (Å²) in [6.45, 7) is 0.737. The molecule has 5 aromatic rings. The maximum Gasteiger partial charge on any atom is 0.252 e. The molecule has 1 heterocycles. The van der Waals surface area contributed by atoms with Crippen LogP contribution in [0.1, 0.15) is 46.3 Å². The van der Waals surface area contributed by atoms with Gasteiger partial charge in [-0.3, -0.25) is 4.79 Å². The Morgan fingerprint density at radius 3 is 2.20 bits per heavy atom. The van der Waals surface area contributed by atoms with Crippen LogP contribution in [-0.2, 0) is 16.0 Å². The summed E-state index contributed by atoms with van der Waals surface area (Å²) < 4.78 is 13.3. The van der Waals surface area contributed by atoms with E-state index in [1.54, 1.807) is 24.3 Å². The van der Waals surface area contributed by atoms with Crippen molar-refractivity contribution in [2.45, 2.75) is 30.4 Å². The summed E-state index contributed by atoms with van der Waals surface area (Å²) in [6, 6.07) is 42.4. The quantitative estimate of drug-likeness (QED) is 0.0513. The molecular formula is C40H36BrN5O4. The smallest absolute Gasteiger partial charge is 0.252 e. The fourth-order valence-electron chi connectivity index (χ4n) is 6.17. The van der Waals surface area contributed by atoms with Crippen molar-refractivity contribution in [3.05, 3.63) is 176 Å². The molecule has 10 heteroatoms. The zero-order chi connectivity index (χ0) is 34.8. The number of nitrogens with one attached hydrogen (secondary N) is 1. The van der Waals surface area contributed by atoms with Crippen molar-refractivity contribution in [2.75, 3.05) is 19.8 Å². The van der Waals surface area contributed by atoms with Crippen molar-refractivity contribution in [1.29, 1.82) is 0 Å². The number of benzene rings is 5. The molecule has 0 radical (unpaired) electrons. The molecule has 0 spiro atoms. The van der Waals surface area contributed by atoms with Crippen LogP contribution in [0.5, 0.6) is 5.75 Å². The molecule has 0 unspecified atom stereocenters. The van der Waals surface area contributed by atoms with Crippen molar-refractivity contribution in [3.63, 3.8) is 0 Å². The third kappa shape index (κ3) is 7.90. The highest BCUT2D eigenvalue weighted by Crippen LogP contribution is 2.45. The summed E-state index contributed by atoms with van der Waals surface area (Å²) in [4.78, 5) is 23.2. The van der Waals surface area contributed by atoms with E-state index in [-0.39, 0.29) is 30.8 Å². The second kappa shape index (κ2) is 16.3. The lowest BCUT2D eigenvalue weighted by Crippen LogP contribution is -2.50. The number of hydrogen-bond acceptors (Lipinski definition) is 6. The molecule has 5 aromatic carbocycles. The van der Waals surface area contributed by atoms with Crippen molar-refractivity contribution in [2.24, 2.45) is 10.1 Å². The average Bonchev–Trinajstić information content (AvgIpc) is 3.54. The average molecular weight is 731 g/mol. The van der Waals surface area contributed by atoms with E-state index in [2.05, 4.69) is 55.5 Å². The Kier molecular flexibility index (Phi) is 11.3. The highest BCUT2D eigenvalue weighted by molar-refractivity contribution is 9.10. The molecule has 1 amide bonds.